The molecule has 0 saturated carbocycles. The maximum atomic E-state index is 6.05. The van der Waals surface area contributed by atoms with Crippen molar-refractivity contribution >= 4 is 49.8 Å². The van der Waals surface area contributed by atoms with Gasteiger partial charge in [-0.25, -0.2) is 9.97 Å². The first-order valence-corrected chi connectivity index (χ1v) is 8.45. The second-order valence-electron chi connectivity index (χ2n) is 4.59. The van der Waals surface area contributed by atoms with Gasteiger partial charge in [-0.3, -0.25) is 0 Å². The minimum Gasteiger partial charge on any atom is -0.383 e. The summed E-state index contributed by atoms with van der Waals surface area (Å²) in [6, 6.07) is 8.32. The zero-order valence-electron chi connectivity index (χ0n) is 11.1. The number of nitrogens with two attached hydrogens (primary N) is 1. The van der Waals surface area contributed by atoms with Gasteiger partial charge in [0.25, 0.3) is 0 Å². The van der Waals surface area contributed by atoms with Crippen molar-refractivity contribution in [1.82, 2.24) is 9.97 Å². The average molecular weight is 395 g/mol. The highest BCUT2D eigenvalue weighted by Gasteiger charge is 2.13. The monoisotopic (exact) mass is 395 g/mol. The number of halogens is 1. The van der Waals surface area contributed by atoms with E-state index in [0.29, 0.717) is 5.82 Å². The average Bonchev–Trinajstić information content (AvgIpc) is 2.88. The van der Waals surface area contributed by atoms with E-state index < -0.39 is 0 Å². The van der Waals surface area contributed by atoms with Gasteiger partial charge in [0, 0.05) is 21.0 Å². The molecule has 3 aromatic rings. The molecule has 0 radical (unpaired) electrons. The minimum atomic E-state index is 0.578. The lowest BCUT2D eigenvalue weighted by atomic mass is 10.1. The number of aromatic nitrogens is 2. The standard InChI is InChI=1S/C15H14IN3S/c1-2-5-11-13(16)14(17)19-15(18-11)10-8-20-12-7-4-3-6-9(10)12/h3-4,6-8H,2,5H2,1H3,(H2,17,18,19). The fourth-order valence-electron chi connectivity index (χ4n) is 2.19. The fourth-order valence-corrected chi connectivity index (χ4v) is 3.64. The van der Waals surface area contributed by atoms with Crippen LogP contribution in [0.15, 0.2) is 29.6 Å². The first kappa shape index (κ1) is 13.8. The molecule has 1 aromatic carbocycles. The number of aryl methyl sites for hydroxylation is 1. The van der Waals surface area contributed by atoms with Crippen LogP contribution in [0.5, 0.6) is 0 Å². The summed E-state index contributed by atoms with van der Waals surface area (Å²) < 4.78 is 2.23. The number of hydrogen-bond donors (Lipinski definition) is 1. The van der Waals surface area contributed by atoms with Crippen LogP contribution in [0.25, 0.3) is 21.5 Å². The third kappa shape index (κ3) is 2.40. The molecule has 0 atom stereocenters. The van der Waals surface area contributed by atoms with Crippen molar-refractivity contribution in [2.24, 2.45) is 0 Å². The number of hydrogen-bond acceptors (Lipinski definition) is 4. The second-order valence-corrected chi connectivity index (χ2v) is 6.58. The number of anilines is 1. The van der Waals surface area contributed by atoms with E-state index in [1.54, 1.807) is 11.3 Å². The lowest BCUT2D eigenvalue weighted by Gasteiger charge is -2.08. The Morgan fingerprint density at radius 1 is 1.25 bits per heavy atom. The van der Waals surface area contributed by atoms with Gasteiger partial charge in [0.1, 0.15) is 5.82 Å². The molecule has 0 spiro atoms. The van der Waals surface area contributed by atoms with E-state index in [4.69, 9.17) is 10.7 Å². The van der Waals surface area contributed by atoms with Crippen LogP contribution in [0.1, 0.15) is 19.0 Å². The summed E-state index contributed by atoms with van der Waals surface area (Å²) in [5.41, 5.74) is 8.17. The summed E-state index contributed by atoms with van der Waals surface area (Å²) >= 11 is 3.95. The fraction of sp³-hybridized carbons (Fsp3) is 0.200. The molecule has 102 valence electrons. The van der Waals surface area contributed by atoms with Crippen LogP contribution in [-0.4, -0.2) is 9.97 Å². The van der Waals surface area contributed by atoms with Crippen LogP contribution in [0, 0.1) is 3.57 Å². The molecular weight excluding hydrogens is 381 g/mol. The Morgan fingerprint density at radius 3 is 2.85 bits per heavy atom. The van der Waals surface area contributed by atoms with E-state index in [-0.39, 0.29) is 0 Å². The van der Waals surface area contributed by atoms with E-state index in [1.807, 2.05) is 12.1 Å². The molecule has 0 fully saturated rings. The summed E-state index contributed by atoms with van der Waals surface area (Å²) in [6.07, 6.45) is 1.98. The molecule has 0 aliphatic heterocycles. The van der Waals surface area contributed by atoms with Crippen LogP contribution in [0.4, 0.5) is 5.82 Å². The van der Waals surface area contributed by atoms with Crippen LogP contribution < -0.4 is 5.73 Å². The zero-order valence-corrected chi connectivity index (χ0v) is 14.0. The van der Waals surface area contributed by atoms with E-state index in [9.17, 15) is 0 Å². The molecule has 0 bridgehead atoms. The number of thiophene rings is 1. The number of fused-ring (bicyclic) bond motifs is 1. The van der Waals surface area contributed by atoms with Crippen molar-refractivity contribution in [3.05, 3.63) is 38.9 Å². The van der Waals surface area contributed by atoms with Crippen molar-refractivity contribution in [2.45, 2.75) is 19.8 Å². The highest BCUT2D eigenvalue weighted by Crippen LogP contribution is 2.33. The van der Waals surface area contributed by atoms with E-state index in [1.165, 1.54) is 10.1 Å². The van der Waals surface area contributed by atoms with E-state index in [2.05, 4.69) is 52.0 Å². The van der Waals surface area contributed by atoms with Crippen LogP contribution in [-0.2, 0) is 6.42 Å². The van der Waals surface area contributed by atoms with Gasteiger partial charge >= 0.3 is 0 Å². The molecule has 0 amide bonds. The molecule has 0 saturated heterocycles. The summed E-state index contributed by atoms with van der Waals surface area (Å²) in [5.74, 6) is 1.32. The molecule has 3 nitrogen and oxygen atoms in total. The van der Waals surface area contributed by atoms with Gasteiger partial charge in [-0.1, -0.05) is 31.5 Å². The largest absolute Gasteiger partial charge is 0.383 e. The van der Waals surface area contributed by atoms with E-state index >= 15 is 0 Å². The number of nitrogen functional groups attached to an aromatic ring is 1. The first-order valence-electron chi connectivity index (χ1n) is 6.49. The molecule has 0 aliphatic carbocycles. The molecule has 5 heteroatoms. The Morgan fingerprint density at radius 2 is 2.05 bits per heavy atom. The molecular formula is C15H14IN3S. The normalized spacial score (nSPS) is 11.1. The SMILES string of the molecule is CCCc1nc(-c2csc3ccccc23)nc(N)c1I. The van der Waals surface area contributed by atoms with Gasteiger partial charge in [0.2, 0.25) is 0 Å². The Bertz CT molecular complexity index is 767. The second kappa shape index (κ2) is 5.65. The summed E-state index contributed by atoms with van der Waals surface area (Å²) in [5, 5.41) is 3.31. The van der Waals surface area contributed by atoms with Gasteiger partial charge in [-0.15, -0.1) is 11.3 Å². The van der Waals surface area contributed by atoms with Crippen molar-refractivity contribution in [3.63, 3.8) is 0 Å². The maximum Gasteiger partial charge on any atom is 0.163 e. The molecule has 0 aliphatic rings. The number of benzene rings is 1. The Kier molecular flexibility index (Phi) is 3.89. The molecule has 2 aromatic heterocycles. The molecule has 20 heavy (non-hydrogen) atoms. The quantitative estimate of drug-likeness (QED) is 0.665. The Balaban J connectivity index is 2.19. The predicted molar refractivity (Wildman–Crippen MR) is 94.0 cm³/mol. The highest BCUT2D eigenvalue weighted by atomic mass is 127. The topological polar surface area (TPSA) is 51.8 Å². The van der Waals surface area contributed by atoms with Crippen molar-refractivity contribution in [2.75, 3.05) is 5.73 Å². The van der Waals surface area contributed by atoms with Crippen LogP contribution in [0.3, 0.4) is 0 Å². The summed E-state index contributed by atoms with van der Waals surface area (Å²) in [4.78, 5) is 9.20. The van der Waals surface area contributed by atoms with Gasteiger partial charge in [0.05, 0.1) is 9.26 Å². The van der Waals surface area contributed by atoms with Crippen molar-refractivity contribution < 1.29 is 0 Å². The summed E-state index contributed by atoms with van der Waals surface area (Å²) in [6.45, 7) is 2.15. The molecule has 2 heterocycles. The summed E-state index contributed by atoms with van der Waals surface area (Å²) in [7, 11) is 0. The smallest absolute Gasteiger partial charge is 0.163 e. The number of rotatable bonds is 3. The first-order chi connectivity index (χ1) is 9.70. The van der Waals surface area contributed by atoms with E-state index in [0.717, 1.165) is 33.5 Å². The highest BCUT2D eigenvalue weighted by molar-refractivity contribution is 14.1. The third-order valence-electron chi connectivity index (χ3n) is 3.15. The van der Waals surface area contributed by atoms with Crippen molar-refractivity contribution in [3.8, 4) is 11.4 Å². The number of nitrogens with zero attached hydrogens (tertiary/aromatic N) is 2. The lowest BCUT2D eigenvalue weighted by Crippen LogP contribution is -2.04. The van der Waals surface area contributed by atoms with Gasteiger partial charge in [0.15, 0.2) is 5.82 Å². The Hall–Kier alpha value is -1.21. The van der Waals surface area contributed by atoms with Crippen LogP contribution >= 0.6 is 33.9 Å². The van der Waals surface area contributed by atoms with Gasteiger partial charge in [-0.05, 0) is 35.1 Å². The maximum absolute atomic E-state index is 6.05. The molecule has 2 N–H and O–H groups in total. The third-order valence-corrected chi connectivity index (χ3v) is 5.29. The lowest BCUT2D eigenvalue weighted by molar-refractivity contribution is 0.869. The van der Waals surface area contributed by atoms with Gasteiger partial charge < -0.3 is 5.73 Å². The zero-order chi connectivity index (χ0) is 14.1. The van der Waals surface area contributed by atoms with Crippen molar-refractivity contribution in [1.29, 1.82) is 0 Å². The van der Waals surface area contributed by atoms with Gasteiger partial charge in [-0.2, -0.15) is 0 Å². The predicted octanol–water partition coefficient (Wildman–Crippen LogP) is 4.50. The van der Waals surface area contributed by atoms with Crippen LogP contribution in [0.2, 0.25) is 0 Å². The minimum absolute atomic E-state index is 0.578. The molecule has 0 unspecified atom stereocenters. The molecule has 3 rings (SSSR count). The Labute approximate surface area is 135 Å².